The average molecular weight is 438 g/mol. The molecule has 0 bridgehead atoms. The van der Waals surface area contributed by atoms with E-state index in [0.717, 1.165) is 37.0 Å². The Bertz CT molecular complexity index is 673. The molecule has 1 aromatic carbocycles. The molecule has 1 fully saturated rings. The highest BCUT2D eigenvalue weighted by Gasteiger charge is 2.18. The van der Waals surface area contributed by atoms with Crippen LogP contribution in [0.5, 0.6) is 0 Å². The molecule has 0 amide bonds. The van der Waals surface area contributed by atoms with E-state index in [4.69, 9.17) is 4.99 Å². The topological polar surface area (TPSA) is 40.5 Å². The van der Waals surface area contributed by atoms with Gasteiger partial charge in [0.25, 0.3) is 0 Å². The fourth-order valence-electron chi connectivity index (χ4n) is 3.10. The number of hydrogen-bond acceptors (Lipinski definition) is 2. The van der Waals surface area contributed by atoms with Crippen molar-refractivity contribution >= 4 is 40.8 Å². The molecule has 5 heteroatoms. The van der Waals surface area contributed by atoms with Crippen molar-refractivity contribution in [2.45, 2.75) is 33.2 Å². The molecule has 1 aliphatic rings. The molecule has 24 heavy (non-hydrogen) atoms. The molecule has 1 aromatic heterocycles. The molecule has 0 aliphatic carbocycles. The van der Waals surface area contributed by atoms with Gasteiger partial charge in [0.05, 0.1) is 12.1 Å². The second-order valence-corrected chi connectivity index (χ2v) is 6.33. The number of halogens is 1. The molecule has 1 aliphatic heterocycles. The Morgan fingerprint density at radius 2 is 2.00 bits per heavy atom. The van der Waals surface area contributed by atoms with Crippen LogP contribution < -0.4 is 5.32 Å². The van der Waals surface area contributed by atoms with Crippen molar-refractivity contribution in [2.24, 2.45) is 10.9 Å². The van der Waals surface area contributed by atoms with Crippen molar-refractivity contribution in [3.63, 3.8) is 0 Å². The lowest BCUT2D eigenvalue weighted by Crippen LogP contribution is -2.45. The van der Waals surface area contributed by atoms with Gasteiger partial charge in [0.1, 0.15) is 0 Å². The lowest BCUT2D eigenvalue weighted by molar-refractivity contribution is 0.273. The highest BCUT2D eigenvalue weighted by atomic mass is 127. The smallest absolute Gasteiger partial charge is 0.194 e. The summed E-state index contributed by atoms with van der Waals surface area (Å²) in [6.45, 7) is 8.23. The predicted octanol–water partition coefficient (Wildman–Crippen LogP) is 4.05. The van der Waals surface area contributed by atoms with E-state index in [1.165, 1.54) is 23.8 Å². The van der Waals surface area contributed by atoms with E-state index >= 15 is 0 Å². The summed E-state index contributed by atoms with van der Waals surface area (Å²) in [5.74, 6) is 1.86. The third kappa shape index (κ3) is 4.59. The SMILES string of the molecule is CCNC(=NCc1cccc2cccnc12)N1CCC(C)CC1.I. The first kappa shape index (κ1) is 19.0. The maximum absolute atomic E-state index is 4.87. The van der Waals surface area contributed by atoms with Crippen molar-refractivity contribution in [3.05, 3.63) is 42.1 Å². The number of hydrogen-bond donors (Lipinski definition) is 1. The Balaban J connectivity index is 0.00000208. The van der Waals surface area contributed by atoms with E-state index in [0.29, 0.717) is 6.54 Å². The van der Waals surface area contributed by atoms with Crippen molar-refractivity contribution in [1.29, 1.82) is 0 Å². The maximum Gasteiger partial charge on any atom is 0.194 e. The zero-order valence-corrected chi connectivity index (χ0v) is 16.9. The maximum atomic E-state index is 4.87. The van der Waals surface area contributed by atoms with Crippen molar-refractivity contribution < 1.29 is 0 Å². The summed E-state index contributed by atoms with van der Waals surface area (Å²) in [6.07, 6.45) is 4.35. The van der Waals surface area contributed by atoms with Gasteiger partial charge in [-0.25, -0.2) is 4.99 Å². The van der Waals surface area contributed by atoms with Gasteiger partial charge >= 0.3 is 0 Å². The largest absolute Gasteiger partial charge is 0.357 e. The highest BCUT2D eigenvalue weighted by molar-refractivity contribution is 14.0. The number of rotatable bonds is 3. The summed E-state index contributed by atoms with van der Waals surface area (Å²) >= 11 is 0. The second kappa shape index (κ2) is 9.20. The van der Waals surface area contributed by atoms with Gasteiger partial charge in [-0.1, -0.05) is 31.2 Å². The summed E-state index contributed by atoms with van der Waals surface area (Å²) in [5, 5.41) is 4.62. The third-order valence-corrected chi connectivity index (χ3v) is 4.53. The van der Waals surface area contributed by atoms with E-state index in [1.54, 1.807) is 0 Å². The third-order valence-electron chi connectivity index (χ3n) is 4.53. The Labute approximate surface area is 161 Å². The molecule has 2 heterocycles. The number of fused-ring (bicyclic) bond motifs is 1. The van der Waals surface area contributed by atoms with Crippen LogP contribution in [0.15, 0.2) is 41.5 Å². The Morgan fingerprint density at radius 1 is 1.25 bits per heavy atom. The van der Waals surface area contributed by atoms with Gasteiger partial charge in [0.15, 0.2) is 5.96 Å². The van der Waals surface area contributed by atoms with E-state index < -0.39 is 0 Å². The first-order valence-corrected chi connectivity index (χ1v) is 8.64. The fraction of sp³-hybridized carbons (Fsp3) is 0.474. The van der Waals surface area contributed by atoms with Crippen LogP contribution in [0, 0.1) is 5.92 Å². The lowest BCUT2D eigenvalue weighted by atomic mass is 9.99. The fourth-order valence-corrected chi connectivity index (χ4v) is 3.10. The molecule has 1 N–H and O–H groups in total. The average Bonchev–Trinajstić information content (AvgIpc) is 2.59. The van der Waals surface area contributed by atoms with Crippen LogP contribution >= 0.6 is 24.0 Å². The molecule has 2 aromatic rings. The van der Waals surface area contributed by atoms with Crippen LogP contribution in [0.3, 0.4) is 0 Å². The summed E-state index contributed by atoms with van der Waals surface area (Å²) in [4.78, 5) is 11.8. The highest BCUT2D eigenvalue weighted by Crippen LogP contribution is 2.18. The van der Waals surface area contributed by atoms with Crippen molar-refractivity contribution in [1.82, 2.24) is 15.2 Å². The van der Waals surface area contributed by atoms with E-state index in [9.17, 15) is 0 Å². The normalized spacial score (nSPS) is 16.1. The number of pyridine rings is 1. The molecule has 0 spiro atoms. The molecular formula is C19H27IN4. The Morgan fingerprint density at radius 3 is 2.75 bits per heavy atom. The monoisotopic (exact) mass is 438 g/mol. The Hall–Kier alpha value is -1.37. The number of nitrogens with one attached hydrogen (secondary N) is 1. The molecule has 4 nitrogen and oxygen atoms in total. The van der Waals surface area contributed by atoms with Crippen LogP contribution in [0.4, 0.5) is 0 Å². The quantitative estimate of drug-likeness (QED) is 0.447. The zero-order chi connectivity index (χ0) is 16.1. The molecule has 3 rings (SSSR count). The standard InChI is InChI=1S/C19H26N4.HI/c1-3-20-19(23-12-9-15(2)10-13-23)22-14-17-7-4-6-16-8-5-11-21-18(16)17;/h4-8,11,15H,3,9-10,12-14H2,1-2H3,(H,20,22);1H. The summed E-state index contributed by atoms with van der Waals surface area (Å²) in [6, 6.07) is 10.4. The minimum absolute atomic E-state index is 0. The molecular weight excluding hydrogens is 411 g/mol. The number of piperidine rings is 1. The number of benzene rings is 1. The Kier molecular flexibility index (Phi) is 7.27. The summed E-state index contributed by atoms with van der Waals surface area (Å²) < 4.78 is 0. The van der Waals surface area contributed by atoms with Gasteiger partial charge in [-0.05, 0) is 37.3 Å². The molecule has 1 saturated heterocycles. The summed E-state index contributed by atoms with van der Waals surface area (Å²) in [7, 11) is 0. The molecule has 0 atom stereocenters. The van der Waals surface area contributed by atoms with Crippen LogP contribution in [0.2, 0.25) is 0 Å². The number of guanidine groups is 1. The van der Waals surface area contributed by atoms with Crippen molar-refractivity contribution in [3.8, 4) is 0 Å². The van der Waals surface area contributed by atoms with Crippen LogP contribution in [-0.2, 0) is 6.54 Å². The number of aliphatic imine (C=N–C) groups is 1. The van der Waals surface area contributed by atoms with Crippen LogP contribution in [-0.4, -0.2) is 35.5 Å². The van der Waals surface area contributed by atoms with Gasteiger partial charge in [-0.15, -0.1) is 24.0 Å². The molecule has 130 valence electrons. The minimum Gasteiger partial charge on any atom is -0.357 e. The first-order valence-electron chi connectivity index (χ1n) is 8.64. The van der Waals surface area contributed by atoms with E-state index in [1.807, 2.05) is 12.3 Å². The molecule has 0 radical (unpaired) electrons. The van der Waals surface area contributed by atoms with Gasteiger partial charge in [0, 0.05) is 31.2 Å². The van der Waals surface area contributed by atoms with Gasteiger partial charge in [-0.2, -0.15) is 0 Å². The number of para-hydroxylation sites is 1. The van der Waals surface area contributed by atoms with Crippen molar-refractivity contribution in [2.75, 3.05) is 19.6 Å². The van der Waals surface area contributed by atoms with Gasteiger partial charge in [-0.3, -0.25) is 4.98 Å². The number of likely N-dealkylation sites (tertiary alicyclic amines) is 1. The first-order chi connectivity index (χ1) is 11.3. The molecule has 0 unspecified atom stereocenters. The lowest BCUT2D eigenvalue weighted by Gasteiger charge is -2.33. The minimum atomic E-state index is 0. The number of nitrogens with zero attached hydrogens (tertiary/aromatic N) is 3. The van der Waals surface area contributed by atoms with Gasteiger partial charge in [0.2, 0.25) is 0 Å². The van der Waals surface area contributed by atoms with E-state index in [-0.39, 0.29) is 24.0 Å². The summed E-state index contributed by atoms with van der Waals surface area (Å²) in [5.41, 5.74) is 2.24. The predicted molar refractivity (Wildman–Crippen MR) is 112 cm³/mol. The number of aromatic nitrogens is 1. The van der Waals surface area contributed by atoms with Gasteiger partial charge < -0.3 is 10.2 Å². The molecule has 0 saturated carbocycles. The van der Waals surface area contributed by atoms with Crippen LogP contribution in [0.25, 0.3) is 10.9 Å². The van der Waals surface area contributed by atoms with Crippen LogP contribution in [0.1, 0.15) is 32.3 Å². The van der Waals surface area contributed by atoms with E-state index in [2.05, 4.69) is 53.3 Å². The second-order valence-electron chi connectivity index (χ2n) is 6.33. The zero-order valence-electron chi connectivity index (χ0n) is 14.5.